The molecule has 0 radical (unpaired) electrons. The van der Waals surface area contributed by atoms with Crippen LogP contribution < -0.4 is 5.32 Å². The van der Waals surface area contributed by atoms with Crippen molar-refractivity contribution >= 4 is 0 Å². The van der Waals surface area contributed by atoms with Gasteiger partial charge in [-0.1, -0.05) is 12.1 Å². The van der Waals surface area contributed by atoms with Gasteiger partial charge in [-0.2, -0.15) is 0 Å². The molecule has 15 heavy (non-hydrogen) atoms. The first kappa shape index (κ1) is 10.5. The van der Waals surface area contributed by atoms with Crippen molar-refractivity contribution in [2.24, 2.45) is 0 Å². The Hall–Kier alpha value is -1.06. The number of aromatic hydroxyl groups is 1. The van der Waals surface area contributed by atoms with Crippen molar-refractivity contribution in [1.29, 1.82) is 0 Å². The second-order valence-electron chi connectivity index (χ2n) is 4.32. The van der Waals surface area contributed by atoms with Crippen LogP contribution in [0, 0.1) is 0 Å². The first-order valence-corrected chi connectivity index (χ1v) is 5.39. The summed E-state index contributed by atoms with van der Waals surface area (Å²) in [4.78, 5) is 0. The fourth-order valence-corrected chi connectivity index (χ4v) is 2.06. The second-order valence-corrected chi connectivity index (χ2v) is 4.32. The molecule has 1 aliphatic rings. The highest BCUT2D eigenvalue weighted by molar-refractivity contribution is 5.27. The molecule has 0 bridgehead atoms. The van der Waals surface area contributed by atoms with Crippen molar-refractivity contribution < 1.29 is 10.2 Å². The predicted octanol–water partition coefficient (Wildman–Crippen LogP) is 1.05. The molecule has 0 aliphatic carbocycles. The summed E-state index contributed by atoms with van der Waals surface area (Å²) in [6, 6.07) is 7.07. The van der Waals surface area contributed by atoms with Crippen LogP contribution in [0.5, 0.6) is 5.75 Å². The smallest absolute Gasteiger partial charge is 0.115 e. The van der Waals surface area contributed by atoms with Gasteiger partial charge in [0, 0.05) is 6.42 Å². The summed E-state index contributed by atoms with van der Waals surface area (Å²) in [6.45, 7) is 1.77. The van der Waals surface area contributed by atoms with Gasteiger partial charge in [0.15, 0.2) is 0 Å². The summed E-state index contributed by atoms with van der Waals surface area (Å²) in [6.07, 6.45) is 2.27. The first-order valence-electron chi connectivity index (χ1n) is 5.39. The number of aliphatic hydroxyl groups is 1. The Morgan fingerprint density at radius 3 is 2.33 bits per heavy atom. The topological polar surface area (TPSA) is 52.5 Å². The molecule has 1 saturated heterocycles. The third-order valence-electron chi connectivity index (χ3n) is 3.00. The molecule has 1 aliphatic heterocycles. The van der Waals surface area contributed by atoms with Crippen LogP contribution in [0.2, 0.25) is 0 Å². The maximum absolute atomic E-state index is 10.3. The zero-order valence-electron chi connectivity index (χ0n) is 8.74. The summed E-state index contributed by atoms with van der Waals surface area (Å²) >= 11 is 0. The van der Waals surface area contributed by atoms with E-state index in [9.17, 15) is 5.11 Å². The quantitative estimate of drug-likeness (QED) is 0.679. The van der Waals surface area contributed by atoms with Crippen LogP contribution in [-0.4, -0.2) is 28.9 Å². The van der Waals surface area contributed by atoms with Gasteiger partial charge in [0.25, 0.3) is 0 Å². The zero-order chi connectivity index (χ0) is 10.7. The van der Waals surface area contributed by atoms with E-state index in [1.54, 1.807) is 12.1 Å². The fraction of sp³-hybridized carbons (Fsp3) is 0.500. The molecule has 1 aromatic carbocycles. The largest absolute Gasteiger partial charge is 0.508 e. The standard InChI is InChI=1S/C12H17NO2/c14-11-3-1-10(2-4-11)9-12(15)5-7-13-8-6-12/h1-4,13-15H,5-9H2. The van der Waals surface area contributed by atoms with Gasteiger partial charge in [-0.15, -0.1) is 0 Å². The summed E-state index contributed by atoms with van der Waals surface area (Å²) in [5.74, 6) is 0.274. The van der Waals surface area contributed by atoms with Crippen molar-refractivity contribution in [2.75, 3.05) is 13.1 Å². The third-order valence-corrected chi connectivity index (χ3v) is 3.00. The van der Waals surface area contributed by atoms with Gasteiger partial charge in [-0.3, -0.25) is 0 Å². The van der Waals surface area contributed by atoms with E-state index in [0.29, 0.717) is 6.42 Å². The lowest BCUT2D eigenvalue weighted by atomic mass is 9.86. The Morgan fingerprint density at radius 2 is 1.73 bits per heavy atom. The molecule has 3 nitrogen and oxygen atoms in total. The molecule has 1 fully saturated rings. The van der Waals surface area contributed by atoms with E-state index in [1.165, 1.54) is 0 Å². The Labute approximate surface area is 89.8 Å². The monoisotopic (exact) mass is 207 g/mol. The summed E-state index contributed by atoms with van der Waals surface area (Å²) in [5, 5.41) is 22.7. The zero-order valence-corrected chi connectivity index (χ0v) is 8.74. The summed E-state index contributed by atoms with van der Waals surface area (Å²) in [7, 11) is 0. The fourth-order valence-electron chi connectivity index (χ4n) is 2.06. The Kier molecular flexibility index (Phi) is 2.93. The van der Waals surface area contributed by atoms with E-state index >= 15 is 0 Å². The van der Waals surface area contributed by atoms with Crippen LogP contribution in [0.15, 0.2) is 24.3 Å². The Bertz CT molecular complexity index is 315. The van der Waals surface area contributed by atoms with Crippen molar-refractivity contribution in [3.8, 4) is 5.75 Å². The molecular formula is C12H17NO2. The van der Waals surface area contributed by atoms with E-state index in [1.807, 2.05) is 12.1 Å². The van der Waals surface area contributed by atoms with Crippen molar-refractivity contribution in [2.45, 2.75) is 24.9 Å². The highest BCUT2D eigenvalue weighted by Gasteiger charge is 2.28. The number of rotatable bonds is 2. The van der Waals surface area contributed by atoms with Gasteiger partial charge in [-0.25, -0.2) is 0 Å². The Balaban J connectivity index is 2.03. The molecule has 0 spiro atoms. The lowest BCUT2D eigenvalue weighted by Crippen LogP contribution is -2.43. The summed E-state index contributed by atoms with van der Waals surface area (Å²) < 4.78 is 0. The van der Waals surface area contributed by atoms with Gasteiger partial charge in [0.2, 0.25) is 0 Å². The predicted molar refractivity (Wildman–Crippen MR) is 58.9 cm³/mol. The number of hydrogen-bond donors (Lipinski definition) is 3. The maximum Gasteiger partial charge on any atom is 0.115 e. The minimum Gasteiger partial charge on any atom is -0.508 e. The number of nitrogens with one attached hydrogen (secondary N) is 1. The molecule has 2 rings (SSSR count). The van der Waals surface area contributed by atoms with Crippen molar-refractivity contribution in [3.05, 3.63) is 29.8 Å². The average Bonchev–Trinajstić information content (AvgIpc) is 2.22. The van der Waals surface area contributed by atoms with Crippen molar-refractivity contribution in [3.63, 3.8) is 0 Å². The third kappa shape index (κ3) is 2.70. The molecule has 0 atom stereocenters. The number of phenolic OH excluding ortho intramolecular Hbond substituents is 1. The first-order chi connectivity index (χ1) is 7.18. The van der Waals surface area contributed by atoms with E-state index < -0.39 is 5.60 Å². The number of hydrogen-bond acceptors (Lipinski definition) is 3. The maximum atomic E-state index is 10.3. The van der Waals surface area contributed by atoms with Gasteiger partial charge in [0.1, 0.15) is 5.75 Å². The lowest BCUT2D eigenvalue weighted by molar-refractivity contribution is 0.0108. The van der Waals surface area contributed by atoms with Crippen molar-refractivity contribution in [1.82, 2.24) is 5.32 Å². The molecule has 0 amide bonds. The van der Waals surface area contributed by atoms with Crippen LogP contribution in [0.1, 0.15) is 18.4 Å². The number of benzene rings is 1. The average molecular weight is 207 g/mol. The molecule has 0 saturated carbocycles. The summed E-state index contributed by atoms with van der Waals surface area (Å²) in [5.41, 5.74) is 0.514. The van der Waals surface area contributed by atoms with Gasteiger partial charge in [0.05, 0.1) is 5.60 Å². The molecule has 0 unspecified atom stereocenters. The van der Waals surface area contributed by atoms with Gasteiger partial charge >= 0.3 is 0 Å². The minimum atomic E-state index is -0.567. The Morgan fingerprint density at radius 1 is 1.13 bits per heavy atom. The molecule has 82 valence electrons. The van der Waals surface area contributed by atoms with Gasteiger partial charge in [-0.05, 0) is 43.6 Å². The molecule has 0 aromatic heterocycles. The number of phenols is 1. The van der Waals surface area contributed by atoms with Crippen LogP contribution in [0.4, 0.5) is 0 Å². The van der Waals surface area contributed by atoms with Crippen LogP contribution in [0.25, 0.3) is 0 Å². The molecule has 1 heterocycles. The molecular weight excluding hydrogens is 190 g/mol. The molecule has 1 aromatic rings. The van der Waals surface area contributed by atoms with E-state index in [-0.39, 0.29) is 5.75 Å². The SMILES string of the molecule is Oc1ccc(CC2(O)CCNCC2)cc1. The molecule has 3 N–H and O–H groups in total. The highest BCUT2D eigenvalue weighted by atomic mass is 16.3. The van der Waals surface area contributed by atoms with E-state index in [0.717, 1.165) is 31.5 Å². The van der Waals surface area contributed by atoms with Crippen LogP contribution >= 0.6 is 0 Å². The van der Waals surface area contributed by atoms with Crippen LogP contribution in [0.3, 0.4) is 0 Å². The molecule has 3 heteroatoms. The normalized spacial score (nSPS) is 20.1. The minimum absolute atomic E-state index is 0.274. The number of piperidine rings is 1. The van der Waals surface area contributed by atoms with E-state index in [4.69, 9.17) is 5.11 Å². The van der Waals surface area contributed by atoms with Gasteiger partial charge < -0.3 is 15.5 Å². The lowest BCUT2D eigenvalue weighted by Gasteiger charge is -2.32. The van der Waals surface area contributed by atoms with Crippen LogP contribution in [-0.2, 0) is 6.42 Å². The second kappa shape index (κ2) is 4.21. The van der Waals surface area contributed by atoms with E-state index in [2.05, 4.69) is 5.32 Å². The highest BCUT2D eigenvalue weighted by Crippen LogP contribution is 2.24.